The van der Waals surface area contributed by atoms with Crippen LogP contribution in [-0.4, -0.2) is 45.5 Å². The van der Waals surface area contributed by atoms with Crippen LogP contribution in [-0.2, 0) is 19.6 Å². The summed E-state index contributed by atoms with van der Waals surface area (Å²) in [5.41, 5.74) is 1.09. The summed E-state index contributed by atoms with van der Waals surface area (Å²) in [6.45, 7) is 2.63. The lowest BCUT2D eigenvalue weighted by molar-refractivity contribution is -0.116. The summed E-state index contributed by atoms with van der Waals surface area (Å²) in [6, 6.07) is 16.0. The lowest BCUT2D eigenvalue weighted by Gasteiger charge is -2.25. The molecular weight excluding hydrogens is 454 g/mol. The first-order valence-electron chi connectivity index (χ1n) is 11.2. The van der Waals surface area contributed by atoms with Crippen molar-refractivity contribution in [1.29, 1.82) is 0 Å². The standard InChI is InChI=1S/C25H25N3O5S/c1-16(28-21-12-4-7-17-8-5-13-22(23(17)21)34(28,31)32)24(29)27-20-11-3-2-10-19(20)25(30)26-15-18-9-6-14-33-18/h2-5,7-8,10-13,16,18H,6,9,14-15H2,1H3,(H,26,30)(H,27,29)/t16-,18-/m0/s1. The highest BCUT2D eigenvalue weighted by Gasteiger charge is 2.41. The maximum atomic E-state index is 13.3. The van der Waals surface area contributed by atoms with Gasteiger partial charge in [-0.25, -0.2) is 8.42 Å². The van der Waals surface area contributed by atoms with Crippen molar-refractivity contribution in [3.05, 3.63) is 66.2 Å². The first-order chi connectivity index (χ1) is 16.4. The van der Waals surface area contributed by atoms with E-state index in [1.54, 1.807) is 48.5 Å². The van der Waals surface area contributed by atoms with Gasteiger partial charge in [0.05, 0.1) is 27.9 Å². The highest BCUT2D eigenvalue weighted by atomic mass is 32.2. The highest BCUT2D eigenvalue weighted by molar-refractivity contribution is 7.93. The molecule has 0 radical (unpaired) electrons. The number of nitrogens with zero attached hydrogens (tertiary/aromatic N) is 1. The smallest absolute Gasteiger partial charge is 0.265 e. The van der Waals surface area contributed by atoms with Gasteiger partial charge in [-0.15, -0.1) is 0 Å². The summed E-state index contributed by atoms with van der Waals surface area (Å²) in [4.78, 5) is 26.2. The van der Waals surface area contributed by atoms with Crippen LogP contribution in [0.5, 0.6) is 0 Å². The van der Waals surface area contributed by atoms with Gasteiger partial charge in [-0.05, 0) is 49.4 Å². The van der Waals surface area contributed by atoms with Crippen LogP contribution < -0.4 is 14.9 Å². The fourth-order valence-corrected chi connectivity index (χ4v) is 6.45. The number of nitrogens with one attached hydrogen (secondary N) is 2. The van der Waals surface area contributed by atoms with Crippen molar-refractivity contribution in [3.63, 3.8) is 0 Å². The molecule has 2 N–H and O–H groups in total. The Labute approximate surface area is 197 Å². The Morgan fingerprint density at radius 1 is 1.09 bits per heavy atom. The average Bonchev–Trinajstić information content (AvgIpc) is 3.43. The molecule has 9 heteroatoms. The van der Waals surface area contributed by atoms with Crippen LogP contribution in [0.25, 0.3) is 10.8 Å². The third kappa shape index (κ3) is 3.80. The van der Waals surface area contributed by atoms with Gasteiger partial charge in [0.2, 0.25) is 5.91 Å². The molecule has 8 nitrogen and oxygen atoms in total. The molecule has 0 bridgehead atoms. The Morgan fingerprint density at radius 2 is 1.85 bits per heavy atom. The van der Waals surface area contributed by atoms with Crippen molar-refractivity contribution in [2.75, 3.05) is 22.8 Å². The molecule has 34 heavy (non-hydrogen) atoms. The van der Waals surface area contributed by atoms with Crippen LogP contribution in [0.2, 0.25) is 0 Å². The second-order valence-electron chi connectivity index (χ2n) is 8.49. The summed E-state index contributed by atoms with van der Waals surface area (Å²) < 4.78 is 33.3. The molecule has 1 fully saturated rings. The lowest BCUT2D eigenvalue weighted by Crippen LogP contribution is -2.44. The second kappa shape index (κ2) is 8.73. The maximum Gasteiger partial charge on any atom is 0.265 e. The molecule has 0 aromatic heterocycles. The predicted octanol–water partition coefficient (Wildman–Crippen LogP) is 3.28. The highest BCUT2D eigenvalue weighted by Crippen LogP contribution is 2.43. The van der Waals surface area contributed by atoms with Gasteiger partial charge in [0.1, 0.15) is 6.04 Å². The van der Waals surface area contributed by atoms with Gasteiger partial charge in [0, 0.05) is 18.5 Å². The molecular formula is C25H25N3O5S. The van der Waals surface area contributed by atoms with Crippen molar-refractivity contribution in [1.82, 2.24) is 5.32 Å². The SMILES string of the molecule is C[C@@H](C(=O)Nc1ccccc1C(=O)NC[C@@H]1CCCO1)N1c2cccc3cccc(c23)S1(=O)=O. The van der Waals surface area contributed by atoms with Crippen molar-refractivity contribution in [3.8, 4) is 0 Å². The lowest BCUT2D eigenvalue weighted by atomic mass is 10.1. The minimum Gasteiger partial charge on any atom is -0.376 e. The minimum absolute atomic E-state index is 0.00422. The summed E-state index contributed by atoms with van der Waals surface area (Å²) >= 11 is 0. The molecule has 2 aliphatic rings. The molecule has 0 spiro atoms. The Hall–Kier alpha value is -3.43. The Kier molecular flexibility index (Phi) is 5.75. The molecule has 2 atom stereocenters. The molecule has 3 aromatic carbocycles. The van der Waals surface area contributed by atoms with Gasteiger partial charge in [0.25, 0.3) is 15.9 Å². The largest absolute Gasteiger partial charge is 0.376 e. The molecule has 0 unspecified atom stereocenters. The fourth-order valence-electron chi connectivity index (χ4n) is 4.58. The van der Waals surface area contributed by atoms with E-state index in [0.29, 0.717) is 35.5 Å². The van der Waals surface area contributed by atoms with Crippen LogP contribution >= 0.6 is 0 Å². The van der Waals surface area contributed by atoms with E-state index in [2.05, 4.69) is 10.6 Å². The zero-order valence-corrected chi connectivity index (χ0v) is 19.5. The van der Waals surface area contributed by atoms with Crippen LogP contribution in [0.4, 0.5) is 11.4 Å². The van der Waals surface area contributed by atoms with Gasteiger partial charge < -0.3 is 15.4 Å². The molecule has 176 valence electrons. The number of ether oxygens (including phenoxy) is 1. The van der Waals surface area contributed by atoms with Gasteiger partial charge >= 0.3 is 0 Å². The van der Waals surface area contributed by atoms with Crippen LogP contribution in [0.3, 0.4) is 0 Å². The molecule has 0 aliphatic carbocycles. The van der Waals surface area contributed by atoms with Crippen molar-refractivity contribution in [2.24, 2.45) is 0 Å². The van der Waals surface area contributed by atoms with Gasteiger partial charge in [-0.3, -0.25) is 13.9 Å². The normalized spacial score (nSPS) is 19.2. The summed E-state index contributed by atoms with van der Waals surface area (Å²) in [6.07, 6.45) is 1.87. The van der Waals surface area contributed by atoms with E-state index >= 15 is 0 Å². The monoisotopic (exact) mass is 479 g/mol. The Morgan fingerprint density at radius 3 is 2.62 bits per heavy atom. The van der Waals surface area contributed by atoms with Gasteiger partial charge in [-0.1, -0.05) is 36.4 Å². The van der Waals surface area contributed by atoms with E-state index in [1.807, 2.05) is 12.1 Å². The van der Waals surface area contributed by atoms with Crippen LogP contribution in [0, 0.1) is 0 Å². The number of amides is 2. The van der Waals surface area contributed by atoms with Gasteiger partial charge in [-0.2, -0.15) is 0 Å². The van der Waals surface area contributed by atoms with Crippen molar-refractivity contribution in [2.45, 2.75) is 36.8 Å². The molecule has 2 aliphatic heterocycles. The number of rotatable bonds is 6. The molecule has 3 aromatic rings. The van der Waals surface area contributed by atoms with Crippen LogP contribution in [0.1, 0.15) is 30.1 Å². The van der Waals surface area contributed by atoms with Crippen molar-refractivity contribution < 1.29 is 22.7 Å². The Balaban J connectivity index is 1.38. The van der Waals surface area contributed by atoms with E-state index in [4.69, 9.17) is 4.74 Å². The first kappa shape index (κ1) is 22.4. The fraction of sp³-hybridized carbons (Fsp3) is 0.280. The molecule has 2 amide bonds. The predicted molar refractivity (Wildman–Crippen MR) is 129 cm³/mol. The maximum absolute atomic E-state index is 13.3. The van der Waals surface area contributed by atoms with Crippen LogP contribution in [0.15, 0.2) is 65.6 Å². The van der Waals surface area contributed by atoms with Crippen molar-refractivity contribution >= 4 is 44.0 Å². The molecule has 0 saturated carbocycles. The second-order valence-corrected chi connectivity index (χ2v) is 10.3. The number of hydrogen-bond donors (Lipinski definition) is 2. The van der Waals surface area contributed by atoms with E-state index in [9.17, 15) is 18.0 Å². The number of anilines is 2. The zero-order chi connectivity index (χ0) is 23.9. The van der Waals surface area contributed by atoms with E-state index < -0.39 is 22.0 Å². The molecule has 2 heterocycles. The first-order valence-corrected chi connectivity index (χ1v) is 12.7. The quantitative estimate of drug-likeness (QED) is 0.565. The average molecular weight is 480 g/mol. The minimum atomic E-state index is -3.90. The Bertz CT molecular complexity index is 1380. The summed E-state index contributed by atoms with van der Waals surface area (Å²) in [5.74, 6) is -0.863. The number of sulfonamides is 1. The number of carbonyl (C=O) groups is 2. The zero-order valence-electron chi connectivity index (χ0n) is 18.7. The molecule has 5 rings (SSSR count). The number of hydrogen-bond acceptors (Lipinski definition) is 5. The number of benzene rings is 3. The van der Waals surface area contributed by atoms with E-state index in [0.717, 1.165) is 22.5 Å². The third-order valence-corrected chi connectivity index (χ3v) is 8.22. The topological polar surface area (TPSA) is 105 Å². The van der Waals surface area contributed by atoms with E-state index in [-0.39, 0.29) is 16.9 Å². The number of carbonyl (C=O) groups excluding carboxylic acids is 2. The number of para-hydroxylation sites is 1. The summed E-state index contributed by atoms with van der Waals surface area (Å²) in [7, 11) is -3.90. The molecule has 1 saturated heterocycles. The van der Waals surface area contributed by atoms with E-state index in [1.165, 1.54) is 6.92 Å². The third-order valence-electron chi connectivity index (χ3n) is 6.29. The van der Waals surface area contributed by atoms with Gasteiger partial charge in [0.15, 0.2) is 0 Å². The summed E-state index contributed by atoms with van der Waals surface area (Å²) in [5, 5.41) is 7.01.